The van der Waals surface area contributed by atoms with Crippen LogP contribution in [0.2, 0.25) is 5.15 Å². The molecular formula is C11H14ClN3O4. The zero-order chi connectivity index (χ0) is 14.3. The maximum atomic E-state index is 11.8. The van der Waals surface area contributed by atoms with Crippen LogP contribution < -0.4 is 5.32 Å². The van der Waals surface area contributed by atoms with E-state index in [4.69, 9.17) is 21.4 Å². The number of carbonyl (C=O) groups is 2. The number of hydrogen-bond donors (Lipinski definition) is 2. The molecule has 0 aliphatic carbocycles. The number of amides is 1. The monoisotopic (exact) mass is 287 g/mol. The molecule has 0 fully saturated rings. The first kappa shape index (κ1) is 15.3. The zero-order valence-corrected chi connectivity index (χ0v) is 11.1. The van der Waals surface area contributed by atoms with Gasteiger partial charge in [0.2, 0.25) is 0 Å². The van der Waals surface area contributed by atoms with Gasteiger partial charge < -0.3 is 15.2 Å². The maximum absolute atomic E-state index is 11.8. The van der Waals surface area contributed by atoms with Crippen LogP contribution in [0.3, 0.4) is 0 Å². The fraction of sp³-hybridized carbons (Fsp3) is 0.455. The minimum atomic E-state index is -1.11. The van der Waals surface area contributed by atoms with Crippen LogP contribution in [0, 0.1) is 0 Å². The van der Waals surface area contributed by atoms with Gasteiger partial charge in [-0.3, -0.25) is 4.79 Å². The molecule has 0 spiro atoms. The highest BCUT2D eigenvalue weighted by molar-refractivity contribution is 6.29. The van der Waals surface area contributed by atoms with Crippen molar-refractivity contribution >= 4 is 23.5 Å². The first-order valence-corrected chi connectivity index (χ1v) is 5.94. The van der Waals surface area contributed by atoms with Crippen molar-refractivity contribution in [3.05, 3.63) is 23.0 Å². The second-order valence-corrected chi connectivity index (χ2v) is 4.13. The Morgan fingerprint density at radius 1 is 1.47 bits per heavy atom. The van der Waals surface area contributed by atoms with Gasteiger partial charge >= 0.3 is 5.97 Å². The van der Waals surface area contributed by atoms with Gasteiger partial charge in [-0.15, -0.1) is 10.2 Å². The lowest BCUT2D eigenvalue weighted by Crippen LogP contribution is -2.41. The summed E-state index contributed by atoms with van der Waals surface area (Å²) in [5.74, 6) is -1.71. The highest BCUT2D eigenvalue weighted by Gasteiger charge is 2.21. The number of aliphatic carboxylic acids is 1. The minimum Gasteiger partial charge on any atom is -0.480 e. The number of nitrogens with zero attached hydrogens (tertiary/aromatic N) is 2. The SMILES string of the molecule is COCCCC(NC(=O)c1ccc(Cl)nn1)C(=O)O. The number of halogens is 1. The normalized spacial score (nSPS) is 11.9. The summed E-state index contributed by atoms with van der Waals surface area (Å²) in [6, 6.07) is 1.79. The summed E-state index contributed by atoms with van der Waals surface area (Å²) < 4.78 is 4.83. The van der Waals surface area contributed by atoms with Crippen molar-refractivity contribution in [1.29, 1.82) is 0 Å². The van der Waals surface area contributed by atoms with Gasteiger partial charge in [-0.1, -0.05) is 11.6 Å². The van der Waals surface area contributed by atoms with Crippen LogP contribution in [-0.4, -0.2) is 46.9 Å². The van der Waals surface area contributed by atoms with Crippen molar-refractivity contribution in [3.63, 3.8) is 0 Å². The minimum absolute atomic E-state index is 0.0161. The molecule has 1 amide bonds. The summed E-state index contributed by atoms with van der Waals surface area (Å²) >= 11 is 5.54. The van der Waals surface area contributed by atoms with E-state index in [0.717, 1.165) is 0 Å². The predicted molar refractivity (Wildman–Crippen MR) is 67.0 cm³/mol. The lowest BCUT2D eigenvalue weighted by atomic mass is 10.1. The fourth-order valence-electron chi connectivity index (χ4n) is 1.36. The summed E-state index contributed by atoms with van der Waals surface area (Å²) in [5.41, 5.74) is 0.0161. The van der Waals surface area contributed by atoms with E-state index in [0.29, 0.717) is 13.0 Å². The Balaban J connectivity index is 2.60. The fourth-order valence-corrected chi connectivity index (χ4v) is 1.46. The molecule has 0 saturated carbocycles. The number of rotatable bonds is 7. The smallest absolute Gasteiger partial charge is 0.326 e. The van der Waals surface area contributed by atoms with Crippen molar-refractivity contribution in [2.24, 2.45) is 0 Å². The van der Waals surface area contributed by atoms with Gasteiger partial charge in [-0.05, 0) is 25.0 Å². The Hall–Kier alpha value is -1.73. The van der Waals surface area contributed by atoms with E-state index in [2.05, 4.69) is 15.5 Å². The molecule has 8 heteroatoms. The number of ether oxygens (including phenoxy) is 1. The molecule has 1 rings (SSSR count). The van der Waals surface area contributed by atoms with Crippen LogP contribution >= 0.6 is 11.6 Å². The number of carbonyl (C=O) groups excluding carboxylic acids is 1. The summed E-state index contributed by atoms with van der Waals surface area (Å²) in [6.07, 6.45) is 0.802. The van der Waals surface area contributed by atoms with Crippen LogP contribution in [0.4, 0.5) is 0 Å². The molecule has 104 valence electrons. The first-order valence-electron chi connectivity index (χ1n) is 5.56. The van der Waals surface area contributed by atoms with Crippen LogP contribution in [0.1, 0.15) is 23.3 Å². The molecule has 2 N–H and O–H groups in total. The molecule has 0 aliphatic rings. The van der Waals surface area contributed by atoms with Crippen LogP contribution in [0.25, 0.3) is 0 Å². The molecule has 1 unspecified atom stereocenters. The third-order valence-electron chi connectivity index (χ3n) is 2.31. The van der Waals surface area contributed by atoms with Gasteiger partial charge in [-0.25, -0.2) is 4.79 Å². The Morgan fingerprint density at radius 2 is 2.21 bits per heavy atom. The van der Waals surface area contributed by atoms with E-state index >= 15 is 0 Å². The van der Waals surface area contributed by atoms with Gasteiger partial charge in [0.25, 0.3) is 5.91 Å². The highest BCUT2D eigenvalue weighted by Crippen LogP contribution is 2.04. The van der Waals surface area contributed by atoms with Gasteiger partial charge in [0.05, 0.1) is 0 Å². The van der Waals surface area contributed by atoms with Crippen molar-refractivity contribution in [3.8, 4) is 0 Å². The predicted octanol–water partition coefficient (Wildman–Crippen LogP) is 0.740. The lowest BCUT2D eigenvalue weighted by molar-refractivity contribution is -0.139. The Bertz CT molecular complexity index is 438. The standard InChI is InChI=1S/C11H14ClN3O4/c1-19-6-2-3-8(11(17)18)13-10(16)7-4-5-9(12)15-14-7/h4-5,8H,2-3,6H2,1H3,(H,13,16)(H,17,18). The van der Waals surface area contributed by atoms with Crippen LogP contribution in [0.15, 0.2) is 12.1 Å². The van der Waals surface area contributed by atoms with E-state index < -0.39 is 17.9 Å². The molecule has 19 heavy (non-hydrogen) atoms. The average Bonchev–Trinajstić information content (AvgIpc) is 2.38. The number of carboxylic acid groups (broad SMARTS) is 1. The van der Waals surface area contributed by atoms with Gasteiger partial charge in [0, 0.05) is 13.7 Å². The zero-order valence-electron chi connectivity index (χ0n) is 10.3. The number of nitrogens with one attached hydrogen (secondary N) is 1. The van der Waals surface area contributed by atoms with Crippen LogP contribution in [-0.2, 0) is 9.53 Å². The van der Waals surface area contributed by atoms with E-state index in [-0.39, 0.29) is 17.3 Å². The van der Waals surface area contributed by atoms with E-state index in [9.17, 15) is 9.59 Å². The third-order valence-corrected chi connectivity index (χ3v) is 2.51. The van der Waals surface area contributed by atoms with Gasteiger partial charge in [-0.2, -0.15) is 0 Å². The molecule has 1 atom stereocenters. The van der Waals surface area contributed by atoms with Gasteiger partial charge in [0.1, 0.15) is 6.04 Å². The molecule has 0 saturated heterocycles. The molecule has 0 radical (unpaired) electrons. The molecular weight excluding hydrogens is 274 g/mol. The topological polar surface area (TPSA) is 101 Å². The molecule has 7 nitrogen and oxygen atoms in total. The molecule has 0 bridgehead atoms. The molecule has 0 aromatic carbocycles. The summed E-state index contributed by atoms with van der Waals surface area (Å²) in [4.78, 5) is 22.8. The third kappa shape index (κ3) is 5.19. The Morgan fingerprint density at radius 3 is 2.74 bits per heavy atom. The quantitative estimate of drug-likeness (QED) is 0.717. The van der Waals surface area contributed by atoms with E-state index in [1.807, 2.05) is 0 Å². The maximum Gasteiger partial charge on any atom is 0.326 e. The average molecular weight is 288 g/mol. The number of carboxylic acids is 1. The molecule has 1 heterocycles. The number of hydrogen-bond acceptors (Lipinski definition) is 5. The lowest BCUT2D eigenvalue weighted by Gasteiger charge is -2.13. The summed E-state index contributed by atoms with van der Waals surface area (Å²) in [6.45, 7) is 0.431. The Kier molecular flexibility index (Phi) is 6.17. The van der Waals surface area contributed by atoms with Crippen molar-refractivity contribution < 1.29 is 19.4 Å². The second kappa shape index (κ2) is 7.65. The number of aromatic nitrogens is 2. The Labute approximate surface area is 114 Å². The largest absolute Gasteiger partial charge is 0.480 e. The van der Waals surface area contributed by atoms with Crippen molar-refractivity contribution in [1.82, 2.24) is 15.5 Å². The molecule has 1 aromatic heterocycles. The highest BCUT2D eigenvalue weighted by atomic mass is 35.5. The molecule has 0 aliphatic heterocycles. The summed E-state index contributed by atoms with van der Waals surface area (Å²) in [5, 5.41) is 18.6. The van der Waals surface area contributed by atoms with Crippen LogP contribution in [0.5, 0.6) is 0 Å². The van der Waals surface area contributed by atoms with E-state index in [1.165, 1.54) is 19.2 Å². The van der Waals surface area contributed by atoms with Crippen molar-refractivity contribution in [2.75, 3.05) is 13.7 Å². The van der Waals surface area contributed by atoms with Crippen molar-refractivity contribution in [2.45, 2.75) is 18.9 Å². The second-order valence-electron chi connectivity index (χ2n) is 3.74. The summed E-state index contributed by atoms with van der Waals surface area (Å²) in [7, 11) is 1.53. The molecule has 1 aromatic rings. The first-order chi connectivity index (χ1) is 9.04. The van der Waals surface area contributed by atoms with E-state index in [1.54, 1.807) is 0 Å². The number of methoxy groups -OCH3 is 1. The van der Waals surface area contributed by atoms with Gasteiger partial charge in [0.15, 0.2) is 10.8 Å².